The molecule has 0 fully saturated rings. The molecule has 0 radical (unpaired) electrons. The Bertz CT molecular complexity index is 434. The van der Waals surface area contributed by atoms with Crippen LogP contribution in [0, 0.1) is 0 Å². The Morgan fingerprint density at radius 1 is 1.19 bits per heavy atom. The molecule has 0 heterocycles. The van der Waals surface area contributed by atoms with Gasteiger partial charge in [-0.2, -0.15) is 0 Å². The van der Waals surface area contributed by atoms with Crippen molar-refractivity contribution in [3.05, 3.63) is 42.2 Å². The zero-order valence-electron chi connectivity index (χ0n) is 13.3. The van der Waals surface area contributed by atoms with Crippen LogP contribution in [0.15, 0.2) is 36.6 Å². The lowest BCUT2D eigenvalue weighted by molar-refractivity contribution is -0.0365. The zero-order valence-corrected chi connectivity index (χ0v) is 13.3. The maximum absolute atomic E-state index is 11.3. The Morgan fingerprint density at radius 3 is 2.48 bits per heavy atom. The van der Waals surface area contributed by atoms with E-state index < -0.39 is 0 Å². The van der Waals surface area contributed by atoms with Crippen molar-refractivity contribution in [3.8, 4) is 5.75 Å². The van der Waals surface area contributed by atoms with E-state index in [9.17, 15) is 4.79 Å². The molecule has 3 nitrogen and oxygen atoms in total. The first kappa shape index (κ1) is 17.3. The second-order valence-electron chi connectivity index (χ2n) is 5.04. The Kier molecular flexibility index (Phi) is 8.25. The third-order valence-corrected chi connectivity index (χ3v) is 3.13. The fourth-order valence-corrected chi connectivity index (χ4v) is 1.88. The van der Waals surface area contributed by atoms with Gasteiger partial charge in [0.2, 0.25) is 6.29 Å². The molecule has 0 amide bonds. The van der Waals surface area contributed by atoms with Crippen molar-refractivity contribution in [2.24, 2.45) is 0 Å². The smallest absolute Gasteiger partial charge is 0.240 e. The summed E-state index contributed by atoms with van der Waals surface area (Å²) in [5.41, 5.74) is 0.691. The third kappa shape index (κ3) is 6.98. The predicted molar refractivity (Wildman–Crippen MR) is 85.5 cm³/mol. The number of hydrogen-bond donors (Lipinski definition) is 0. The second kappa shape index (κ2) is 10.0. The normalized spacial score (nSPS) is 12.3. The molecule has 1 unspecified atom stereocenters. The number of carbonyl (C=O) groups is 1. The minimum atomic E-state index is -0.275. The van der Waals surface area contributed by atoms with E-state index in [-0.39, 0.29) is 12.1 Å². The topological polar surface area (TPSA) is 35.5 Å². The lowest BCUT2D eigenvalue weighted by Crippen LogP contribution is -2.18. The van der Waals surface area contributed by atoms with Crippen LogP contribution in [0.5, 0.6) is 5.75 Å². The minimum absolute atomic E-state index is 0.0585. The maximum atomic E-state index is 11.3. The summed E-state index contributed by atoms with van der Waals surface area (Å²) >= 11 is 0. The molecule has 0 N–H and O–H groups in total. The van der Waals surface area contributed by atoms with Crippen molar-refractivity contribution in [1.29, 1.82) is 0 Å². The summed E-state index contributed by atoms with van der Waals surface area (Å²) in [6.45, 7) is 5.80. The van der Waals surface area contributed by atoms with Gasteiger partial charge < -0.3 is 9.47 Å². The average molecular weight is 290 g/mol. The van der Waals surface area contributed by atoms with E-state index in [1.54, 1.807) is 25.3 Å². The highest BCUT2D eigenvalue weighted by molar-refractivity contribution is 5.94. The monoisotopic (exact) mass is 290 g/mol. The molecule has 0 aliphatic rings. The van der Waals surface area contributed by atoms with Gasteiger partial charge in [-0.15, -0.1) is 0 Å². The van der Waals surface area contributed by atoms with Crippen molar-refractivity contribution >= 4 is 5.78 Å². The number of allylic oxidation sites excluding steroid dienone is 1. The van der Waals surface area contributed by atoms with Crippen LogP contribution >= 0.6 is 0 Å². The number of ketones is 1. The second-order valence-corrected chi connectivity index (χ2v) is 5.04. The molecule has 1 atom stereocenters. The molecule has 0 saturated carbocycles. The number of unbranched alkanes of at least 4 members (excludes halogenated alkanes) is 2. The summed E-state index contributed by atoms with van der Waals surface area (Å²) in [5.74, 6) is 0.787. The molecule has 1 aromatic rings. The number of Topliss-reactive ketones (excluding diaryl/α,β-unsaturated/α-hetero) is 1. The Balaban J connectivity index is 2.60. The van der Waals surface area contributed by atoms with Crippen molar-refractivity contribution in [2.75, 3.05) is 0 Å². The molecule has 116 valence electrons. The van der Waals surface area contributed by atoms with Crippen LogP contribution in [-0.2, 0) is 4.74 Å². The summed E-state index contributed by atoms with van der Waals surface area (Å²) in [6, 6.07) is 7.19. The summed E-state index contributed by atoms with van der Waals surface area (Å²) in [7, 11) is 0. The van der Waals surface area contributed by atoms with Gasteiger partial charge in [0.25, 0.3) is 0 Å². The number of benzene rings is 1. The van der Waals surface area contributed by atoms with Crippen LogP contribution < -0.4 is 4.74 Å². The van der Waals surface area contributed by atoms with Crippen LogP contribution in [0.2, 0.25) is 0 Å². The van der Waals surface area contributed by atoms with Gasteiger partial charge in [-0.1, -0.05) is 26.7 Å². The molecule has 0 spiro atoms. The van der Waals surface area contributed by atoms with Crippen molar-refractivity contribution in [2.45, 2.75) is 59.2 Å². The fourth-order valence-electron chi connectivity index (χ4n) is 1.88. The first-order valence-corrected chi connectivity index (χ1v) is 7.75. The largest absolute Gasteiger partial charge is 0.463 e. The van der Waals surface area contributed by atoms with E-state index in [0.29, 0.717) is 5.56 Å². The Morgan fingerprint density at radius 2 is 1.90 bits per heavy atom. The van der Waals surface area contributed by atoms with Gasteiger partial charge in [-0.25, -0.2) is 0 Å². The first-order chi connectivity index (χ1) is 10.2. The maximum Gasteiger partial charge on any atom is 0.240 e. The van der Waals surface area contributed by atoms with E-state index >= 15 is 0 Å². The summed E-state index contributed by atoms with van der Waals surface area (Å²) in [4.78, 5) is 11.3. The SMILES string of the molecule is CC/C=C/OC(CCCCC)Oc1ccc(C(C)=O)cc1. The van der Waals surface area contributed by atoms with E-state index in [1.165, 1.54) is 12.8 Å². The number of hydrogen-bond acceptors (Lipinski definition) is 3. The third-order valence-electron chi connectivity index (χ3n) is 3.13. The Labute approximate surface area is 128 Å². The van der Waals surface area contributed by atoms with E-state index in [2.05, 4.69) is 13.8 Å². The molecule has 0 aromatic heterocycles. The van der Waals surface area contributed by atoms with Crippen LogP contribution in [-0.4, -0.2) is 12.1 Å². The molecule has 0 bridgehead atoms. The van der Waals surface area contributed by atoms with Gasteiger partial charge in [0.15, 0.2) is 5.78 Å². The van der Waals surface area contributed by atoms with Crippen molar-refractivity contribution < 1.29 is 14.3 Å². The molecular weight excluding hydrogens is 264 g/mol. The summed E-state index contributed by atoms with van der Waals surface area (Å²) < 4.78 is 11.5. The van der Waals surface area contributed by atoms with Crippen molar-refractivity contribution in [1.82, 2.24) is 0 Å². The highest BCUT2D eigenvalue weighted by Gasteiger charge is 2.10. The molecule has 0 aliphatic carbocycles. The van der Waals surface area contributed by atoms with Gasteiger partial charge in [-0.3, -0.25) is 4.79 Å². The number of rotatable bonds is 10. The van der Waals surface area contributed by atoms with Crippen molar-refractivity contribution in [3.63, 3.8) is 0 Å². The summed E-state index contributed by atoms with van der Waals surface area (Å²) in [5, 5.41) is 0. The fraction of sp³-hybridized carbons (Fsp3) is 0.500. The van der Waals surface area contributed by atoms with Gasteiger partial charge in [-0.05, 0) is 50.1 Å². The van der Waals surface area contributed by atoms with E-state index in [4.69, 9.17) is 9.47 Å². The molecule has 21 heavy (non-hydrogen) atoms. The van der Waals surface area contributed by atoms with Crippen LogP contribution in [0.4, 0.5) is 0 Å². The molecule has 0 aliphatic heterocycles. The van der Waals surface area contributed by atoms with E-state index in [0.717, 1.165) is 25.0 Å². The van der Waals surface area contributed by atoms with Gasteiger partial charge in [0.1, 0.15) is 5.75 Å². The molecule has 0 saturated heterocycles. The van der Waals surface area contributed by atoms with Crippen LogP contribution in [0.1, 0.15) is 63.2 Å². The quantitative estimate of drug-likeness (QED) is 0.260. The first-order valence-electron chi connectivity index (χ1n) is 7.75. The minimum Gasteiger partial charge on any atom is -0.463 e. The zero-order chi connectivity index (χ0) is 15.5. The Hall–Kier alpha value is -1.77. The molecule has 1 aromatic carbocycles. The van der Waals surface area contributed by atoms with Crippen LogP contribution in [0.25, 0.3) is 0 Å². The van der Waals surface area contributed by atoms with Gasteiger partial charge in [0, 0.05) is 12.0 Å². The standard InChI is InChI=1S/C18H26O3/c1-4-6-8-9-18(20-14-7-5-2)21-17-12-10-16(11-13-17)15(3)19/h7,10-14,18H,4-6,8-9H2,1-3H3/b14-7+. The van der Waals surface area contributed by atoms with Gasteiger partial charge >= 0.3 is 0 Å². The molecule has 3 heteroatoms. The number of carbonyl (C=O) groups excluding carboxylic acids is 1. The predicted octanol–water partition coefficient (Wildman–Crippen LogP) is 5.11. The van der Waals surface area contributed by atoms with Gasteiger partial charge in [0.05, 0.1) is 6.26 Å². The molecule has 1 rings (SSSR count). The average Bonchev–Trinajstić information content (AvgIpc) is 2.48. The summed E-state index contributed by atoms with van der Waals surface area (Å²) in [6.07, 6.45) is 8.62. The number of ether oxygens (including phenoxy) is 2. The highest BCUT2D eigenvalue weighted by atomic mass is 16.7. The lowest BCUT2D eigenvalue weighted by Gasteiger charge is -2.18. The molecular formula is C18H26O3. The van der Waals surface area contributed by atoms with Crippen LogP contribution in [0.3, 0.4) is 0 Å². The highest BCUT2D eigenvalue weighted by Crippen LogP contribution is 2.17. The lowest BCUT2D eigenvalue weighted by atomic mass is 10.1. The van der Waals surface area contributed by atoms with E-state index in [1.807, 2.05) is 18.2 Å².